The lowest BCUT2D eigenvalue weighted by atomic mass is 10.3. The number of amides is 1. The number of benzene rings is 1. The zero-order chi connectivity index (χ0) is 14.5. The quantitative estimate of drug-likeness (QED) is 0.880. The molecule has 0 atom stereocenters. The highest BCUT2D eigenvalue weighted by Crippen LogP contribution is 2.26. The van der Waals surface area contributed by atoms with E-state index in [2.05, 4.69) is 10.3 Å². The number of methoxy groups -OCH3 is 1. The Balaban J connectivity index is 2.14. The Morgan fingerprint density at radius 2 is 2.35 bits per heavy atom. The molecule has 6 nitrogen and oxygen atoms in total. The van der Waals surface area contributed by atoms with Gasteiger partial charge in [0, 0.05) is 25.4 Å². The van der Waals surface area contributed by atoms with Gasteiger partial charge in [-0.15, -0.1) is 0 Å². The Labute approximate surface area is 121 Å². The summed E-state index contributed by atoms with van der Waals surface area (Å²) in [6.07, 6.45) is 3.20. The summed E-state index contributed by atoms with van der Waals surface area (Å²) in [5, 5.41) is 3.13. The fourth-order valence-electron chi connectivity index (χ4n) is 1.66. The van der Waals surface area contributed by atoms with Crippen molar-refractivity contribution < 1.29 is 9.53 Å². The van der Waals surface area contributed by atoms with E-state index in [1.165, 1.54) is 0 Å². The van der Waals surface area contributed by atoms with E-state index in [4.69, 9.17) is 22.1 Å². The molecule has 20 heavy (non-hydrogen) atoms. The number of hydrogen-bond acceptors (Lipinski definition) is 4. The van der Waals surface area contributed by atoms with Crippen LogP contribution >= 0.6 is 11.6 Å². The molecule has 1 aromatic carbocycles. The molecule has 0 bridgehead atoms. The molecular formula is C13H15ClN4O2. The lowest BCUT2D eigenvalue weighted by Gasteiger charge is -2.07. The maximum Gasteiger partial charge on any atom is 0.275 e. The van der Waals surface area contributed by atoms with Gasteiger partial charge in [0.25, 0.3) is 5.91 Å². The normalized spacial score (nSPS) is 10.3. The number of imidazole rings is 1. The van der Waals surface area contributed by atoms with E-state index in [-0.39, 0.29) is 5.91 Å². The fourth-order valence-corrected chi connectivity index (χ4v) is 1.83. The molecule has 0 saturated heterocycles. The van der Waals surface area contributed by atoms with Crippen molar-refractivity contribution in [2.45, 2.75) is 6.54 Å². The second-order valence-electron chi connectivity index (χ2n) is 4.09. The number of hydrogen-bond donors (Lipinski definition) is 2. The van der Waals surface area contributed by atoms with Gasteiger partial charge in [0.15, 0.2) is 0 Å². The van der Waals surface area contributed by atoms with Gasteiger partial charge < -0.3 is 20.4 Å². The Hall–Kier alpha value is -2.05. The van der Waals surface area contributed by atoms with Crippen molar-refractivity contribution in [3.8, 4) is 5.75 Å². The molecule has 0 unspecified atom stereocenters. The molecule has 0 radical (unpaired) electrons. The molecule has 1 aromatic heterocycles. The third kappa shape index (κ3) is 3.28. The first-order valence-electron chi connectivity index (χ1n) is 6.00. The predicted molar refractivity (Wildman–Crippen MR) is 77.2 cm³/mol. The zero-order valence-corrected chi connectivity index (χ0v) is 11.7. The van der Waals surface area contributed by atoms with Gasteiger partial charge in [-0.2, -0.15) is 0 Å². The van der Waals surface area contributed by atoms with Gasteiger partial charge in [0.05, 0.1) is 24.1 Å². The van der Waals surface area contributed by atoms with Crippen molar-refractivity contribution in [1.29, 1.82) is 0 Å². The fraction of sp³-hybridized carbons (Fsp3) is 0.231. The Morgan fingerprint density at radius 1 is 1.55 bits per heavy atom. The summed E-state index contributed by atoms with van der Waals surface area (Å²) >= 11 is 6.03. The molecule has 7 heteroatoms. The monoisotopic (exact) mass is 294 g/mol. The molecule has 0 fully saturated rings. The van der Waals surface area contributed by atoms with Crippen molar-refractivity contribution in [3.05, 3.63) is 41.4 Å². The molecule has 0 aliphatic rings. The van der Waals surface area contributed by atoms with Crippen LogP contribution < -0.4 is 15.8 Å². The molecule has 2 rings (SSSR count). The average molecular weight is 295 g/mol. The van der Waals surface area contributed by atoms with Crippen LogP contribution in [0.15, 0.2) is 30.7 Å². The first kappa shape index (κ1) is 14.4. The highest BCUT2D eigenvalue weighted by Gasteiger charge is 2.12. The van der Waals surface area contributed by atoms with Crippen LogP contribution in [0.25, 0.3) is 0 Å². The summed E-state index contributed by atoms with van der Waals surface area (Å²) < 4.78 is 6.84. The molecule has 2 aromatic rings. The number of carbonyl (C=O) groups is 1. The molecule has 0 aliphatic heterocycles. The van der Waals surface area contributed by atoms with Gasteiger partial charge in [-0.25, -0.2) is 4.98 Å². The van der Waals surface area contributed by atoms with Gasteiger partial charge in [-0.05, 0) is 12.1 Å². The number of nitrogens with one attached hydrogen (secondary N) is 1. The third-order valence-electron chi connectivity index (χ3n) is 2.67. The molecule has 0 saturated carbocycles. The number of halogens is 1. The highest BCUT2D eigenvalue weighted by molar-refractivity contribution is 6.34. The van der Waals surface area contributed by atoms with Crippen molar-refractivity contribution in [2.75, 3.05) is 19.0 Å². The smallest absolute Gasteiger partial charge is 0.275 e. The van der Waals surface area contributed by atoms with E-state index in [0.717, 1.165) is 0 Å². The maximum absolute atomic E-state index is 12.1. The largest absolute Gasteiger partial charge is 0.497 e. The van der Waals surface area contributed by atoms with E-state index >= 15 is 0 Å². The maximum atomic E-state index is 12.1. The van der Waals surface area contributed by atoms with Crippen LogP contribution in [0.1, 0.15) is 10.5 Å². The number of carbonyl (C=O) groups excluding carboxylic acids is 1. The molecular weight excluding hydrogens is 280 g/mol. The van der Waals surface area contributed by atoms with Crippen molar-refractivity contribution >= 4 is 23.2 Å². The van der Waals surface area contributed by atoms with Gasteiger partial charge >= 0.3 is 0 Å². The van der Waals surface area contributed by atoms with Crippen LogP contribution in [0.4, 0.5) is 5.69 Å². The van der Waals surface area contributed by atoms with Crippen molar-refractivity contribution in [2.24, 2.45) is 5.73 Å². The minimum absolute atomic E-state index is 0.303. The van der Waals surface area contributed by atoms with Crippen LogP contribution in [0.5, 0.6) is 5.75 Å². The van der Waals surface area contributed by atoms with Gasteiger partial charge in [-0.3, -0.25) is 4.79 Å². The minimum Gasteiger partial charge on any atom is -0.497 e. The third-order valence-corrected chi connectivity index (χ3v) is 3.00. The van der Waals surface area contributed by atoms with Crippen molar-refractivity contribution in [3.63, 3.8) is 0 Å². The Morgan fingerprint density at radius 3 is 3.05 bits per heavy atom. The lowest BCUT2D eigenvalue weighted by Crippen LogP contribution is -2.13. The molecule has 1 amide bonds. The van der Waals surface area contributed by atoms with Gasteiger partial charge in [0.1, 0.15) is 11.4 Å². The summed E-state index contributed by atoms with van der Waals surface area (Å²) in [6.45, 7) is 1.10. The number of nitrogens with two attached hydrogens (primary N) is 1. The van der Waals surface area contributed by atoms with E-state index < -0.39 is 0 Å². The summed E-state index contributed by atoms with van der Waals surface area (Å²) in [5.74, 6) is 0.272. The first-order valence-corrected chi connectivity index (χ1v) is 6.38. The van der Waals surface area contributed by atoms with Crippen molar-refractivity contribution in [1.82, 2.24) is 9.55 Å². The second kappa shape index (κ2) is 6.40. The second-order valence-corrected chi connectivity index (χ2v) is 4.49. The molecule has 0 spiro atoms. The first-order chi connectivity index (χ1) is 9.63. The number of ether oxygens (including phenoxy) is 1. The lowest BCUT2D eigenvalue weighted by molar-refractivity contribution is 0.102. The van der Waals surface area contributed by atoms with Gasteiger partial charge in [0.2, 0.25) is 0 Å². The summed E-state index contributed by atoms with van der Waals surface area (Å²) in [7, 11) is 1.54. The topological polar surface area (TPSA) is 82.2 Å². The predicted octanol–water partition coefficient (Wildman–Crippen LogP) is 1.76. The van der Waals surface area contributed by atoms with Crippen LogP contribution in [-0.2, 0) is 6.54 Å². The number of aromatic nitrogens is 2. The van der Waals surface area contributed by atoms with Crippen LogP contribution in [-0.4, -0.2) is 29.1 Å². The molecule has 3 N–H and O–H groups in total. The molecule has 106 valence electrons. The molecule has 0 aliphatic carbocycles. The standard InChI is InChI=1S/C13H15ClN4O2/c1-20-9-2-3-10(14)11(6-9)17-13(19)12-7-18(5-4-15)8-16-12/h2-3,6-8H,4-5,15H2,1H3,(H,17,19). The Bertz CT molecular complexity index is 612. The van der Waals surface area contributed by atoms with E-state index in [1.54, 1.807) is 42.4 Å². The zero-order valence-electron chi connectivity index (χ0n) is 11.0. The summed E-state index contributed by atoms with van der Waals surface area (Å²) in [5.41, 5.74) is 6.22. The van der Waals surface area contributed by atoms with E-state index in [9.17, 15) is 4.79 Å². The highest BCUT2D eigenvalue weighted by atomic mass is 35.5. The number of anilines is 1. The van der Waals surface area contributed by atoms with Crippen LogP contribution in [0, 0.1) is 0 Å². The average Bonchev–Trinajstić information content (AvgIpc) is 2.90. The minimum atomic E-state index is -0.337. The Kier molecular flexibility index (Phi) is 4.60. The van der Waals surface area contributed by atoms with Gasteiger partial charge in [-0.1, -0.05) is 11.6 Å². The number of rotatable bonds is 5. The summed E-state index contributed by atoms with van der Waals surface area (Å²) in [6, 6.07) is 5.02. The van der Waals surface area contributed by atoms with Crippen LogP contribution in [0.3, 0.4) is 0 Å². The SMILES string of the molecule is COc1ccc(Cl)c(NC(=O)c2cn(CCN)cn2)c1. The van der Waals surface area contributed by atoms with E-state index in [0.29, 0.717) is 35.2 Å². The number of nitrogens with zero attached hydrogens (tertiary/aromatic N) is 2. The van der Waals surface area contributed by atoms with Crippen LogP contribution in [0.2, 0.25) is 5.02 Å². The summed E-state index contributed by atoms with van der Waals surface area (Å²) in [4.78, 5) is 16.1. The van der Waals surface area contributed by atoms with E-state index in [1.807, 2.05) is 0 Å². The molecule has 1 heterocycles.